The molecule has 0 aliphatic heterocycles. The topological polar surface area (TPSA) is 64.0 Å². The molecule has 0 radical (unpaired) electrons. The van der Waals surface area contributed by atoms with E-state index >= 15 is 0 Å². The van der Waals surface area contributed by atoms with Crippen LogP contribution in [0, 0.1) is 0 Å². The predicted molar refractivity (Wildman–Crippen MR) is 90.5 cm³/mol. The van der Waals surface area contributed by atoms with Crippen LogP contribution < -0.4 is 5.32 Å². The van der Waals surface area contributed by atoms with Crippen LogP contribution in [0.15, 0.2) is 71.8 Å². The van der Waals surface area contributed by atoms with E-state index in [0.717, 1.165) is 23.5 Å². The van der Waals surface area contributed by atoms with Gasteiger partial charge in [0.25, 0.3) is 0 Å². The summed E-state index contributed by atoms with van der Waals surface area (Å²) in [6, 6.07) is 16.7. The van der Waals surface area contributed by atoms with Crippen molar-refractivity contribution in [1.29, 1.82) is 0 Å². The molecule has 3 aromatic rings. The van der Waals surface area contributed by atoms with Crippen molar-refractivity contribution in [3.8, 4) is 5.69 Å². The molecule has 2 aromatic carbocycles. The maximum absolute atomic E-state index is 12.5. The molecule has 1 aromatic heterocycles. The van der Waals surface area contributed by atoms with Crippen molar-refractivity contribution in [2.24, 2.45) is 0 Å². The van der Waals surface area contributed by atoms with Gasteiger partial charge in [-0.1, -0.05) is 18.2 Å². The van der Waals surface area contributed by atoms with Crippen LogP contribution in [0.1, 0.15) is 5.69 Å². The van der Waals surface area contributed by atoms with Gasteiger partial charge in [0.05, 0.1) is 22.8 Å². The highest BCUT2D eigenvalue weighted by atomic mass is 32.2. The van der Waals surface area contributed by atoms with E-state index in [0.29, 0.717) is 12.2 Å². The lowest BCUT2D eigenvalue weighted by Gasteiger charge is -2.07. The number of halogens is 2. The highest BCUT2D eigenvalue weighted by molar-refractivity contribution is 7.91. The first-order chi connectivity index (χ1) is 12.0. The van der Waals surface area contributed by atoms with Crippen LogP contribution in [-0.2, 0) is 16.4 Å². The van der Waals surface area contributed by atoms with Crippen molar-refractivity contribution in [2.45, 2.75) is 17.2 Å². The minimum absolute atomic E-state index is 0.401. The Kier molecular flexibility index (Phi) is 4.80. The summed E-state index contributed by atoms with van der Waals surface area (Å²) in [5.74, 6) is -3.42. The maximum atomic E-state index is 12.5. The molecule has 8 heteroatoms. The zero-order valence-electron chi connectivity index (χ0n) is 13.0. The summed E-state index contributed by atoms with van der Waals surface area (Å²) in [6.45, 7) is 0.417. The Morgan fingerprint density at radius 3 is 2.32 bits per heavy atom. The van der Waals surface area contributed by atoms with Crippen LogP contribution in [0.5, 0.6) is 0 Å². The number of hydrogen-bond acceptors (Lipinski definition) is 4. The van der Waals surface area contributed by atoms with Crippen LogP contribution in [0.3, 0.4) is 0 Å². The van der Waals surface area contributed by atoms with Crippen molar-refractivity contribution in [2.75, 3.05) is 5.32 Å². The maximum Gasteiger partial charge on any atom is 0.341 e. The summed E-state index contributed by atoms with van der Waals surface area (Å²) < 4.78 is 49.5. The molecule has 0 unspecified atom stereocenters. The summed E-state index contributed by atoms with van der Waals surface area (Å²) in [5.41, 5.74) is 2.34. The lowest BCUT2D eigenvalue weighted by Crippen LogP contribution is -2.11. The fourth-order valence-corrected chi connectivity index (χ4v) is 2.96. The monoisotopic (exact) mass is 363 g/mol. The molecule has 0 saturated carbocycles. The molecule has 0 saturated heterocycles. The van der Waals surface area contributed by atoms with E-state index in [4.69, 9.17) is 0 Å². The van der Waals surface area contributed by atoms with Gasteiger partial charge in [0.15, 0.2) is 0 Å². The Labute approximate surface area is 143 Å². The molecule has 1 heterocycles. The minimum Gasteiger partial charge on any atom is -0.379 e. The second kappa shape index (κ2) is 7.02. The van der Waals surface area contributed by atoms with Crippen molar-refractivity contribution < 1.29 is 17.2 Å². The average Bonchev–Trinajstić information content (AvgIpc) is 3.10. The van der Waals surface area contributed by atoms with E-state index in [2.05, 4.69) is 10.4 Å². The van der Waals surface area contributed by atoms with E-state index in [1.54, 1.807) is 4.68 Å². The number of para-hydroxylation sites is 1. The minimum atomic E-state index is -4.56. The van der Waals surface area contributed by atoms with Crippen LogP contribution in [0.25, 0.3) is 5.69 Å². The number of alkyl halides is 2. The van der Waals surface area contributed by atoms with Gasteiger partial charge in [0.2, 0.25) is 9.84 Å². The third kappa shape index (κ3) is 3.85. The van der Waals surface area contributed by atoms with E-state index < -0.39 is 20.5 Å². The van der Waals surface area contributed by atoms with Crippen LogP contribution in [0.2, 0.25) is 0 Å². The first-order valence-corrected chi connectivity index (χ1v) is 8.97. The Morgan fingerprint density at radius 2 is 1.68 bits per heavy atom. The third-order valence-electron chi connectivity index (χ3n) is 3.56. The highest BCUT2D eigenvalue weighted by Crippen LogP contribution is 2.20. The van der Waals surface area contributed by atoms with Crippen molar-refractivity contribution in [1.82, 2.24) is 9.78 Å². The Morgan fingerprint density at radius 1 is 1.00 bits per heavy atom. The SMILES string of the molecule is O=S(=O)(c1ccc(NCc2ccn(-c3ccccc3)n2)cc1)C(F)F. The van der Waals surface area contributed by atoms with Gasteiger partial charge in [0, 0.05) is 11.9 Å². The van der Waals surface area contributed by atoms with Gasteiger partial charge in [-0.3, -0.25) is 0 Å². The number of hydrogen-bond donors (Lipinski definition) is 1. The van der Waals surface area contributed by atoms with Gasteiger partial charge in [0.1, 0.15) is 0 Å². The Hall–Kier alpha value is -2.74. The number of benzene rings is 2. The van der Waals surface area contributed by atoms with Gasteiger partial charge >= 0.3 is 5.76 Å². The summed E-state index contributed by atoms with van der Waals surface area (Å²) in [6.07, 6.45) is 1.84. The molecule has 0 amide bonds. The smallest absolute Gasteiger partial charge is 0.341 e. The van der Waals surface area contributed by atoms with Crippen molar-refractivity contribution >= 4 is 15.5 Å². The van der Waals surface area contributed by atoms with Crippen LogP contribution in [0.4, 0.5) is 14.5 Å². The van der Waals surface area contributed by atoms with Gasteiger partial charge in [-0.25, -0.2) is 13.1 Å². The average molecular weight is 363 g/mol. The number of aromatic nitrogens is 2. The molecule has 0 aliphatic rings. The second-order valence-corrected chi connectivity index (χ2v) is 7.19. The Bertz CT molecular complexity index is 940. The highest BCUT2D eigenvalue weighted by Gasteiger charge is 2.26. The molecule has 3 rings (SSSR count). The molecular formula is C17H15F2N3O2S. The molecule has 0 bridgehead atoms. The zero-order valence-corrected chi connectivity index (χ0v) is 13.8. The van der Waals surface area contributed by atoms with E-state index in [1.807, 2.05) is 42.6 Å². The molecule has 25 heavy (non-hydrogen) atoms. The predicted octanol–water partition coefficient (Wildman–Crippen LogP) is 3.48. The fourth-order valence-electron chi connectivity index (χ4n) is 2.24. The lowest BCUT2D eigenvalue weighted by atomic mass is 10.3. The van der Waals surface area contributed by atoms with Crippen molar-refractivity contribution in [3.05, 3.63) is 72.6 Å². The second-order valence-electron chi connectivity index (χ2n) is 5.27. The molecular weight excluding hydrogens is 348 g/mol. The van der Waals surface area contributed by atoms with Crippen LogP contribution in [-0.4, -0.2) is 24.0 Å². The number of nitrogens with zero attached hydrogens (tertiary/aromatic N) is 2. The van der Waals surface area contributed by atoms with Crippen molar-refractivity contribution in [3.63, 3.8) is 0 Å². The standard InChI is InChI=1S/C17H15F2N3O2S/c18-17(19)25(23,24)16-8-6-13(7-9-16)20-12-14-10-11-22(21-14)15-4-2-1-3-5-15/h1-11,17,20H,12H2. The Balaban J connectivity index is 1.66. The quantitative estimate of drug-likeness (QED) is 0.728. The summed E-state index contributed by atoms with van der Waals surface area (Å²) >= 11 is 0. The largest absolute Gasteiger partial charge is 0.379 e. The molecule has 0 fully saturated rings. The third-order valence-corrected chi connectivity index (χ3v) is 4.95. The van der Waals surface area contributed by atoms with E-state index in [1.165, 1.54) is 12.1 Å². The van der Waals surface area contributed by atoms with Gasteiger partial charge < -0.3 is 5.32 Å². The van der Waals surface area contributed by atoms with E-state index in [9.17, 15) is 17.2 Å². The number of nitrogens with one attached hydrogen (secondary N) is 1. The first kappa shape index (κ1) is 17.1. The number of rotatable bonds is 6. The molecule has 5 nitrogen and oxygen atoms in total. The van der Waals surface area contributed by atoms with Gasteiger partial charge in [-0.2, -0.15) is 13.9 Å². The summed E-state index contributed by atoms with van der Waals surface area (Å²) in [5, 5.41) is 7.51. The molecule has 0 aliphatic carbocycles. The molecule has 0 atom stereocenters. The van der Waals surface area contributed by atoms with Gasteiger partial charge in [-0.15, -0.1) is 0 Å². The first-order valence-electron chi connectivity index (χ1n) is 7.43. The normalized spacial score (nSPS) is 11.6. The molecule has 130 valence electrons. The lowest BCUT2D eigenvalue weighted by molar-refractivity contribution is 0.234. The fraction of sp³-hybridized carbons (Fsp3) is 0.118. The van der Waals surface area contributed by atoms with Gasteiger partial charge in [-0.05, 0) is 42.5 Å². The zero-order chi connectivity index (χ0) is 17.9. The number of sulfone groups is 1. The number of anilines is 1. The molecule has 0 spiro atoms. The van der Waals surface area contributed by atoms with E-state index in [-0.39, 0.29) is 0 Å². The molecule has 1 N–H and O–H groups in total. The van der Waals surface area contributed by atoms with Crippen LogP contribution >= 0.6 is 0 Å². The summed E-state index contributed by atoms with van der Waals surface area (Å²) in [4.78, 5) is -0.401. The summed E-state index contributed by atoms with van der Waals surface area (Å²) in [7, 11) is -4.56.